The highest BCUT2D eigenvalue weighted by Crippen LogP contribution is 2.26. The van der Waals surface area contributed by atoms with Gasteiger partial charge in [0.15, 0.2) is 0 Å². The van der Waals surface area contributed by atoms with Gasteiger partial charge in [-0.25, -0.2) is 4.98 Å². The van der Waals surface area contributed by atoms with E-state index in [4.69, 9.17) is 0 Å². The Bertz CT molecular complexity index is 343. The van der Waals surface area contributed by atoms with Crippen molar-refractivity contribution in [3.63, 3.8) is 0 Å². The van der Waals surface area contributed by atoms with Gasteiger partial charge in [0.1, 0.15) is 0 Å². The molecule has 1 N–H and O–H groups in total. The number of imidazole rings is 1. The molecule has 2 unspecified atom stereocenters. The maximum absolute atomic E-state index is 4.45. The van der Waals surface area contributed by atoms with Crippen LogP contribution in [0.4, 0.5) is 5.95 Å². The predicted molar refractivity (Wildman–Crippen MR) is 72.1 cm³/mol. The first-order valence-corrected chi connectivity index (χ1v) is 6.94. The Morgan fingerprint density at radius 2 is 2.18 bits per heavy atom. The number of anilines is 1. The van der Waals surface area contributed by atoms with Crippen LogP contribution in [-0.2, 0) is 6.54 Å². The van der Waals surface area contributed by atoms with Crippen molar-refractivity contribution >= 4 is 5.95 Å². The second-order valence-corrected chi connectivity index (χ2v) is 5.81. The Labute approximate surface area is 105 Å². The number of hydrogen-bond acceptors (Lipinski definition) is 2. The van der Waals surface area contributed by atoms with E-state index in [1.165, 1.54) is 25.7 Å². The van der Waals surface area contributed by atoms with Gasteiger partial charge < -0.3 is 9.88 Å². The second kappa shape index (κ2) is 5.56. The van der Waals surface area contributed by atoms with Crippen LogP contribution in [0.25, 0.3) is 0 Å². The van der Waals surface area contributed by atoms with Gasteiger partial charge >= 0.3 is 0 Å². The number of rotatable bonds is 4. The van der Waals surface area contributed by atoms with Crippen LogP contribution in [-0.4, -0.2) is 15.6 Å². The summed E-state index contributed by atoms with van der Waals surface area (Å²) < 4.78 is 2.24. The van der Waals surface area contributed by atoms with E-state index in [9.17, 15) is 0 Å². The van der Waals surface area contributed by atoms with E-state index in [2.05, 4.69) is 41.8 Å². The normalized spacial score (nSPS) is 25.2. The molecular formula is C14H25N3. The summed E-state index contributed by atoms with van der Waals surface area (Å²) in [5.41, 5.74) is 0. The van der Waals surface area contributed by atoms with Crippen LogP contribution in [0.3, 0.4) is 0 Å². The van der Waals surface area contributed by atoms with E-state index in [1.807, 2.05) is 6.20 Å². The van der Waals surface area contributed by atoms with E-state index in [-0.39, 0.29) is 0 Å². The topological polar surface area (TPSA) is 29.9 Å². The molecule has 2 rings (SSSR count). The zero-order valence-electron chi connectivity index (χ0n) is 11.3. The number of hydrogen-bond donors (Lipinski definition) is 1. The van der Waals surface area contributed by atoms with Crippen molar-refractivity contribution in [3.05, 3.63) is 12.4 Å². The Morgan fingerprint density at radius 3 is 2.88 bits per heavy atom. The monoisotopic (exact) mass is 235 g/mol. The van der Waals surface area contributed by atoms with Gasteiger partial charge in [0.2, 0.25) is 5.95 Å². The summed E-state index contributed by atoms with van der Waals surface area (Å²) in [4.78, 5) is 4.45. The first kappa shape index (κ1) is 12.5. The molecule has 1 aromatic rings. The second-order valence-electron chi connectivity index (χ2n) is 5.81. The predicted octanol–water partition coefficient (Wildman–Crippen LogP) is 3.53. The zero-order valence-corrected chi connectivity index (χ0v) is 11.3. The number of aromatic nitrogens is 2. The maximum Gasteiger partial charge on any atom is 0.203 e. The van der Waals surface area contributed by atoms with Crippen LogP contribution in [0.1, 0.15) is 46.5 Å². The molecule has 2 atom stereocenters. The van der Waals surface area contributed by atoms with Crippen molar-refractivity contribution < 1.29 is 0 Å². The minimum absolute atomic E-state index is 0.608. The number of nitrogens with one attached hydrogen (secondary N) is 1. The summed E-state index contributed by atoms with van der Waals surface area (Å²) in [5, 5.41) is 3.64. The van der Waals surface area contributed by atoms with Crippen LogP contribution in [0.2, 0.25) is 0 Å². The molecule has 0 radical (unpaired) electrons. The number of nitrogens with zero attached hydrogens (tertiary/aromatic N) is 2. The Balaban J connectivity index is 1.99. The van der Waals surface area contributed by atoms with E-state index in [1.54, 1.807) is 0 Å². The summed E-state index contributed by atoms with van der Waals surface area (Å²) in [5.74, 6) is 2.49. The molecule has 0 saturated heterocycles. The summed E-state index contributed by atoms with van der Waals surface area (Å²) in [7, 11) is 0. The van der Waals surface area contributed by atoms with Crippen molar-refractivity contribution in [1.29, 1.82) is 0 Å². The lowest BCUT2D eigenvalue weighted by Crippen LogP contribution is -2.31. The van der Waals surface area contributed by atoms with Crippen molar-refractivity contribution in [2.24, 2.45) is 11.8 Å². The van der Waals surface area contributed by atoms with E-state index < -0.39 is 0 Å². The molecule has 3 nitrogen and oxygen atoms in total. The van der Waals surface area contributed by atoms with Gasteiger partial charge in [-0.05, 0) is 24.7 Å². The van der Waals surface area contributed by atoms with Gasteiger partial charge in [-0.2, -0.15) is 0 Å². The van der Waals surface area contributed by atoms with Crippen LogP contribution < -0.4 is 5.32 Å². The molecule has 1 heterocycles. The molecule has 0 aliphatic heterocycles. The Hall–Kier alpha value is -0.990. The molecule has 0 amide bonds. The van der Waals surface area contributed by atoms with Gasteiger partial charge in [0.05, 0.1) is 0 Å². The van der Waals surface area contributed by atoms with Crippen LogP contribution in [0, 0.1) is 11.8 Å². The summed E-state index contributed by atoms with van der Waals surface area (Å²) in [6, 6.07) is 0.608. The fourth-order valence-corrected chi connectivity index (χ4v) is 2.69. The summed E-state index contributed by atoms with van der Waals surface area (Å²) in [6.07, 6.45) is 9.36. The minimum Gasteiger partial charge on any atom is -0.353 e. The lowest BCUT2D eigenvalue weighted by Gasteiger charge is -2.30. The molecule has 1 aliphatic carbocycles. The van der Waals surface area contributed by atoms with Crippen LogP contribution >= 0.6 is 0 Å². The fourth-order valence-electron chi connectivity index (χ4n) is 2.69. The van der Waals surface area contributed by atoms with Crippen LogP contribution in [0.15, 0.2) is 12.4 Å². The smallest absolute Gasteiger partial charge is 0.203 e. The highest BCUT2D eigenvalue weighted by atomic mass is 15.2. The quantitative estimate of drug-likeness (QED) is 0.865. The third kappa shape index (κ3) is 3.24. The Kier molecular flexibility index (Phi) is 4.08. The molecule has 0 aromatic carbocycles. The molecule has 0 spiro atoms. The van der Waals surface area contributed by atoms with E-state index >= 15 is 0 Å². The van der Waals surface area contributed by atoms with Crippen molar-refractivity contribution in [2.45, 2.75) is 59.0 Å². The van der Waals surface area contributed by atoms with Crippen molar-refractivity contribution in [1.82, 2.24) is 9.55 Å². The van der Waals surface area contributed by atoms with E-state index in [0.717, 1.165) is 18.4 Å². The zero-order chi connectivity index (χ0) is 12.3. The summed E-state index contributed by atoms with van der Waals surface area (Å²) >= 11 is 0. The Morgan fingerprint density at radius 1 is 1.41 bits per heavy atom. The average Bonchev–Trinajstić information content (AvgIpc) is 2.68. The molecule has 96 valence electrons. The van der Waals surface area contributed by atoms with Gasteiger partial charge in [-0.3, -0.25) is 0 Å². The molecule has 1 aromatic heterocycles. The van der Waals surface area contributed by atoms with Crippen molar-refractivity contribution in [2.75, 3.05) is 5.32 Å². The molecule has 17 heavy (non-hydrogen) atoms. The summed E-state index contributed by atoms with van der Waals surface area (Å²) in [6.45, 7) is 7.88. The first-order valence-electron chi connectivity index (χ1n) is 6.94. The average molecular weight is 235 g/mol. The first-order chi connectivity index (χ1) is 8.16. The molecule has 1 aliphatic rings. The largest absolute Gasteiger partial charge is 0.353 e. The van der Waals surface area contributed by atoms with Crippen LogP contribution in [0.5, 0.6) is 0 Å². The molecule has 1 fully saturated rings. The standard InChI is InChI=1S/C14H25N3/c1-11(2)10-17-9-8-15-14(17)16-13-7-5-4-6-12(13)3/h8-9,11-13H,4-7,10H2,1-3H3,(H,15,16). The molecular weight excluding hydrogens is 210 g/mol. The lowest BCUT2D eigenvalue weighted by molar-refractivity contribution is 0.347. The van der Waals surface area contributed by atoms with Crippen molar-refractivity contribution in [3.8, 4) is 0 Å². The molecule has 3 heteroatoms. The third-order valence-corrected chi connectivity index (χ3v) is 3.70. The van der Waals surface area contributed by atoms with Gasteiger partial charge in [0.25, 0.3) is 0 Å². The maximum atomic E-state index is 4.45. The van der Waals surface area contributed by atoms with E-state index in [0.29, 0.717) is 12.0 Å². The molecule has 1 saturated carbocycles. The highest BCUT2D eigenvalue weighted by molar-refractivity contribution is 5.28. The fraction of sp³-hybridized carbons (Fsp3) is 0.786. The third-order valence-electron chi connectivity index (χ3n) is 3.70. The SMILES string of the molecule is CC(C)Cn1ccnc1NC1CCCCC1C. The highest BCUT2D eigenvalue weighted by Gasteiger charge is 2.22. The molecule has 0 bridgehead atoms. The van der Waals surface area contributed by atoms with Gasteiger partial charge in [-0.15, -0.1) is 0 Å². The van der Waals surface area contributed by atoms with Gasteiger partial charge in [-0.1, -0.05) is 33.6 Å². The lowest BCUT2D eigenvalue weighted by atomic mass is 9.86. The minimum atomic E-state index is 0.608. The van der Waals surface area contributed by atoms with Gasteiger partial charge in [0, 0.05) is 25.0 Å².